The second-order valence-electron chi connectivity index (χ2n) is 4.18. The molecule has 0 spiro atoms. The molecule has 1 aromatic heterocycles. The van der Waals surface area contributed by atoms with Gasteiger partial charge in [-0.25, -0.2) is 0 Å². The standard InChI is InChI=1S/C12H11BrF3N3O/c1-2-9(13)11(20)17-8-3-4-10-7(5-8)6-19(18-10)12(14,15)16/h3-6,9H,2H2,1H3,(H,17,20). The van der Waals surface area contributed by atoms with Gasteiger partial charge in [0.1, 0.15) is 0 Å². The van der Waals surface area contributed by atoms with Crippen molar-refractivity contribution < 1.29 is 18.0 Å². The van der Waals surface area contributed by atoms with E-state index >= 15 is 0 Å². The van der Waals surface area contributed by atoms with Gasteiger partial charge in [-0.05, 0) is 24.6 Å². The molecule has 8 heteroatoms. The fraction of sp³-hybridized carbons (Fsp3) is 0.333. The van der Waals surface area contributed by atoms with Gasteiger partial charge in [0.15, 0.2) is 0 Å². The first kappa shape index (κ1) is 14.8. The number of aromatic nitrogens is 2. The zero-order chi connectivity index (χ0) is 14.9. The van der Waals surface area contributed by atoms with Crippen molar-refractivity contribution >= 4 is 38.4 Å². The lowest BCUT2D eigenvalue weighted by Crippen LogP contribution is -2.21. The van der Waals surface area contributed by atoms with Gasteiger partial charge in [0.05, 0.1) is 10.3 Å². The highest BCUT2D eigenvalue weighted by Crippen LogP contribution is 2.26. The zero-order valence-electron chi connectivity index (χ0n) is 10.4. The molecule has 0 aliphatic carbocycles. The summed E-state index contributed by atoms with van der Waals surface area (Å²) in [6, 6.07) is 4.41. The molecular formula is C12H11BrF3N3O. The monoisotopic (exact) mass is 349 g/mol. The molecule has 4 nitrogen and oxygen atoms in total. The van der Waals surface area contributed by atoms with E-state index in [-0.39, 0.29) is 20.9 Å². The van der Waals surface area contributed by atoms with E-state index in [2.05, 4.69) is 26.3 Å². The van der Waals surface area contributed by atoms with Crippen molar-refractivity contribution in [1.29, 1.82) is 0 Å². The van der Waals surface area contributed by atoms with Crippen LogP contribution in [0.15, 0.2) is 24.4 Å². The van der Waals surface area contributed by atoms with Crippen LogP contribution in [-0.4, -0.2) is 20.5 Å². The minimum Gasteiger partial charge on any atom is -0.325 e. The van der Waals surface area contributed by atoms with E-state index in [1.807, 2.05) is 6.92 Å². The van der Waals surface area contributed by atoms with Crippen molar-refractivity contribution in [3.8, 4) is 0 Å². The average Bonchev–Trinajstić information content (AvgIpc) is 2.80. The fourth-order valence-electron chi connectivity index (χ4n) is 1.64. The minimum absolute atomic E-state index is 0.0530. The maximum Gasteiger partial charge on any atom is 0.504 e. The number of rotatable bonds is 3. The van der Waals surface area contributed by atoms with Crippen molar-refractivity contribution in [1.82, 2.24) is 9.78 Å². The SMILES string of the molecule is CCC(Br)C(=O)Nc1ccc2nn(C(F)(F)F)cc2c1. The summed E-state index contributed by atoms with van der Waals surface area (Å²) in [7, 11) is 0. The first-order valence-corrected chi connectivity index (χ1v) is 6.74. The Morgan fingerprint density at radius 3 is 2.80 bits per heavy atom. The van der Waals surface area contributed by atoms with Gasteiger partial charge in [-0.3, -0.25) is 4.79 Å². The van der Waals surface area contributed by atoms with Crippen LogP contribution < -0.4 is 5.32 Å². The van der Waals surface area contributed by atoms with Crippen molar-refractivity contribution in [3.63, 3.8) is 0 Å². The van der Waals surface area contributed by atoms with Crippen LogP contribution in [0.25, 0.3) is 10.9 Å². The lowest BCUT2D eigenvalue weighted by atomic mass is 10.2. The van der Waals surface area contributed by atoms with E-state index < -0.39 is 6.30 Å². The van der Waals surface area contributed by atoms with Gasteiger partial charge < -0.3 is 5.32 Å². The highest BCUT2D eigenvalue weighted by molar-refractivity contribution is 9.10. The summed E-state index contributed by atoms with van der Waals surface area (Å²) in [6.45, 7) is 1.84. The molecular weight excluding hydrogens is 339 g/mol. The molecule has 2 rings (SSSR count). The smallest absolute Gasteiger partial charge is 0.325 e. The predicted octanol–water partition coefficient (Wildman–Crippen LogP) is 3.62. The molecule has 2 aromatic rings. The number of alkyl halides is 4. The molecule has 1 unspecified atom stereocenters. The Bertz CT molecular complexity index is 638. The Morgan fingerprint density at radius 2 is 2.20 bits per heavy atom. The summed E-state index contributed by atoms with van der Waals surface area (Å²) in [5, 5.41) is 6.36. The normalized spacial score (nSPS) is 13.4. The Balaban J connectivity index is 2.27. The number of hydrogen-bond acceptors (Lipinski definition) is 2. The lowest BCUT2D eigenvalue weighted by Gasteiger charge is -2.08. The van der Waals surface area contributed by atoms with Crippen molar-refractivity contribution in [2.45, 2.75) is 24.5 Å². The largest absolute Gasteiger partial charge is 0.504 e. The van der Waals surface area contributed by atoms with E-state index in [4.69, 9.17) is 0 Å². The Morgan fingerprint density at radius 1 is 1.50 bits per heavy atom. The summed E-state index contributed by atoms with van der Waals surface area (Å²) >= 11 is 3.20. The molecule has 0 aliphatic rings. The van der Waals surface area contributed by atoms with Crippen LogP contribution in [0.1, 0.15) is 13.3 Å². The van der Waals surface area contributed by atoms with Crippen molar-refractivity contribution in [2.75, 3.05) is 5.32 Å². The molecule has 0 saturated carbocycles. The second-order valence-corrected chi connectivity index (χ2v) is 5.29. The molecule has 0 bridgehead atoms. The van der Waals surface area contributed by atoms with Crippen molar-refractivity contribution in [3.05, 3.63) is 24.4 Å². The molecule has 0 radical (unpaired) electrons. The van der Waals surface area contributed by atoms with Crippen LogP contribution in [0, 0.1) is 0 Å². The summed E-state index contributed by atoms with van der Waals surface area (Å²) in [6.07, 6.45) is -3.05. The molecule has 108 valence electrons. The van der Waals surface area contributed by atoms with Gasteiger partial charge in [0.2, 0.25) is 5.91 Å². The number of carbonyl (C=O) groups is 1. The number of halogens is 4. The van der Waals surface area contributed by atoms with E-state index in [0.717, 1.165) is 6.20 Å². The molecule has 1 N–H and O–H groups in total. The Kier molecular flexibility index (Phi) is 4.03. The molecule has 1 atom stereocenters. The van der Waals surface area contributed by atoms with Crippen molar-refractivity contribution in [2.24, 2.45) is 0 Å². The number of carbonyl (C=O) groups excluding carboxylic acids is 1. The topological polar surface area (TPSA) is 46.9 Å². The van der Waals surface area contributed by atoms with E-state index in [1.165, 1.54) is 18.2 Å². The molecule has 0 fully saturated rings. The number of nitrogens with zero attached hydrogens (tertiary/aromatic N) is 2. The number of nitrogens with one attached hydrogen (secondary N) is 1. The van der Waals surface area contributed by atoms with Crippen LogP contribution in [-0.2, 0) is 11.1 Å². The van der Waals surface area contributed by atoms with E-state index in [1.54, 1.807) is 0 Å². The fourth-order valence-corrected chi connectivity index (χ4v) is 1.75. The molecule has 1 aromatic carbocycles. The molecule has 1 heterocycles. The maximum atomic E-state index is 12.5. The number of anilines is 1. The highest BCUT2D eigenvalue weighted by Gasteiger charge is 2.31. The van der Waals surface area contributed by atoms with Crippen LogP contribution in [0.2, 0.25) is 0 Å². The summed E-state index contributed by atoms with van der Waals surface area (Å²) in [5.74, 6) is -0.241. The van der Waals surface area contributed by atoms with Crippen LogP contribution in [0.4, 0.5) is 18.9 Å². The minimum atomic E-state index is -4.55. The number of fused-ring (bicyclic) bond motifs is 1. The third-order valence-electron chi connectivity index (χ3n) is 2.67. The predicted molar refractivity (Wildman–Crippen MR) is 72.7 cm³/mol. The van der Waals surface area contributed by atoms with Gasteiger partial charge in [0.25, 0.3) is 0 Å². The van der Waals surface area contributed by atoms with E-state index in [0.29, 0.717) is 17.5 Å². The van der Waals surface area contributed by atoms with Gasteiger partial charge >= 0.3 is 6.30 Å². The van der Waals surface area contributed by atoms with Crippen LogP contribution >= 0.6 is 15.9 Å². The maximum absolute atomic E-state index is 12.5. The van der Waals surface area contributed by atoms with Crippen LogP contribution in [0.3, 0.4) is 0 Å². The number of amides is 1. The van der Waals surface area contributed by atoms with Gasteiger partial charge in [0, 0.05) is 17.3 Å². The van der Waals surface area contributed by atoms with Crippen LogP contribution in [0.5, 0.6) is 0 Å². The molecule has 0 saturated heterocycles. The third kappa shape index (κ3) is 3.12. The Hall–Kier alpha value is -1.57. The number of benzene rings is 1. The Labute approximate surface area is 121 Å². The van der Waals surface area contributed by atoms with Gasteiger partial charge in [-0.15, -0.1) is 13.2 Å². The third-order valence-corrected chi connectivity index (χ3v) is 3.74. The first-order chi connectivity index (χ1) is 9.31. The van der Waals surface area contributed by atoms with Gasteiger partial charge in [-0.1, -0.05) is 22.9 Å². The first-order valence-electron chi connectivity index (χ1n) is 5.83. The zero-order valence-corrected chi connectivity index (χ0v) is 12.0. The summed E-state index contributed by atoms with van der Waals surface area (Å²) < 4.78 is 37.5. The quantitative estimate of drug-likeness (QED) is 0.860. The van der Waals surface area contributed by atoms with E-state index in [9.17, 15) is 18.0 Å². The summed E-state index contributed by atoms with van der Waals surface area (Å²) in [5.41, 5.74) is 0.647. The lowest BCUT2D eigenvalue weighted by molar-refractivity contribution is -0.211. The molecule has 20 heavy (non-hydrogen) atoms. The number of hydrogen-bond donors (Lipinski definition) is 1. The van der Waals surface area contributed by atoms with Gasteiger partial charge in [-0.2, -0.15) is 9.78 Å². The average molecular weight is 350 g/mol. The molecule has 0 aliphatic heterocycles. The molecule has 1 amide bonds. The summed E-state index contributed by atoms with van der Waals surface area (Å²) in [4.78, 5) is 11.3. The highest BCUT2D eigenvalue weighted by atomic mass is 79.9. The second kappa shape index (κ2) is 5.43.